The lowest BCUT2D eigenvalue weighted by molar-refractivity contribution is -0.122. The van der Waals surface area contributed by atoms with Crippen molar-refractivity contribution in [3.63, 3.8) is 0 Å². The number of benzene rings is 3. The molecule has 11 heteroatoms. The molecule has 37 heavy (non-hydrogen) atoms. The maximum Gasteiger partial charge on any atom is 0.293 e. The van der Waals surface area contributed by atoms with E-state index in [0.29, 0.717) is 33.3 Å². The summed E-state index contributed by atoms with van der Waals surface area (Å²) in [7, 11) is 0. The molecule has 1 aliphatic rings. The van der Waals surface area contributed by atoms with Gasteiger partial charge in [0.2, 0.25) is 11.1 Å². The Morgan fingerprint density at radius 3 is 2.59 bits per heavy atom. The molecule has 1 fully saturated rings. The molecule has 0 atom stereocenters. The summed E-state index contributed by atoms with van der Waals surface area (Å²) in [5.41, 5.74) is 0.740. The number of nitrogens with zero attached hydrogens (tertiary/aromatic N) is 3. The number of ketones is 1. The van der Waals surface area contributed by atoms with Crippen molar-refractivity contribution in [1.82, 2.24) is 14.9 Å². The highest BCUT2D eigenvalue weighted by atomic mass is 35.5. The minimum absolute atomic E-state index is 0.0799. The lowest BCUT2D eigenvalue weighted by Gasteiger charge is -2.13. The topological polar surface area (TPSA) is 89.5 Å². The van der Waals surface area contributed by atoms with Gasteiger partial charge in [-0.25, -0.2) is 4.98 Å². The predicted molar refractivity (Wildman–Crippen MR) is 139 cm³/mol. The third kappa shape index (κ3) is 5.20. The van der Waals surface area contributed by atoms with Crippen molar-refractivity contribution in [3.8, 4) is 11.6 Å². The van der Waals surface area contributed by atoms with Crippen molar-refractivity contribution >= 4 is 68.7 Å². The van der Waals surface area contributed by atoms with Crippen molar-refractivity contribution in [1.29, 1.82) is 0 Å². The molecule has 2 amide bonds. The summed E-state index contributed by atoms with van der Waals surface area (Å²) in [6, 6.07) is 16.8. The highest BCUT2D eigenvalue weighted by Crippen LogP contribution is 2.38. The van der Waals surface area contributed by atoms with Gasteiger partial charge in [0.25, 0.3) is 17.0 Å². The van der Waals surface area contributed by atoms with E-state index < -0.39 is 35.2 Å². The lowest BCUT2D eigenvalue weighted by atomic mass is 10.0. The zero-order chi connectivity index (χ0) is 26.1. The van der Waals surface area contributed by atoms with E-state index in [1.54, 1.807) is 36.4 Å². The number of thioether (sulfide) groups is 1. The van der Waals surface area contributed by atoms with Crippen LogP contribution in [0.3, 0.4) is 0 Å². The highest BCUT2D eigenvalue weighted by molar-refractivity contribution is 8.18. The molecule has 7 nitrogen and oxygen atoms in total. The fraction of sp³-hybridized carbons (Fsp3) is 0.0385. The number of carbonyl (C=O) groups excluding carboxylic acids is 3. The van der Waals surface area contributed by atoms with Crippen LogP contribution in [0.4, 0.5) is 9.18 Å². The van der Waals surface area contributed by atoms with Crippen LogP contribution >= 0.6 is 35.0 Å². The summed E-state index contributed by atoms with van der Waals surface area (Å²) >= 11 is 12.4. The van der Waals surface area contributed by atoms with Gasteiger partial charge in [-0.2, -0.15) is 9.37 Å². The van der Waals surface area contributed by atoms with Gasteiger partial charge < -0.3 is 4.74 Å². The monoisotopic (exact) mass is 553 g/mol. The second-order valence-electron chi connectivity index (χ2n) is 7.79. The maximum atomic E-state index is 14.3. The fourth-order valence-corrected chi connectivity index (χ4v) is 4.73. The minimum Gasteiger partial charge on any atom is -0.436 e. The molecule has 0 aliphatic carbocycles. The molecule has 0 radical (unpaired) electrons. The average Bonchev–Trinajstić information content (AvgIpc) is 3.15. The smallest absolute Gasteiger partial charge is 0.293 e. The van der Waals surface area contributed by atoms with E-state index >= 15 is 0 Å². The van der Waals surface area contributed by atoms with Crippen LogP contribution in [0.5, 0.6) is 11.6 Å². The molecule has 0 bridgehead atoms. The third-order valence-corrected chi connectivity index (χ3v) is 6.78. The van der Waals surface area contributed by atoms with E-state index in [9.17, 15) is 18.8 Å². The Balaban J connectivity index is 1.50. The number of imide groups is 1. The van der Waals surface area contributed by atoms with Crippen LogP contribution in [-0.2, 0) is 4.79 Å². The second kappa shape index (κ2) is 10.3. The number of hydrogen-bond donors (Lipinski definition) is 0. The number of ether oxygens (including phenoxy) is 1. The predicted octanol–water partition coefficient (Wildman–Crippen LogP) is 6.79. The lowest BCUT2D eigenvalue weighted by Crippen LogP contribution is -2.33. The number of carbonyl (C=O) groups is 3. The molecule has 0 saturated carbocycles. The number of halogens is 3. The number of Topliss-reactive ketones (excluding diaryl/α,β-unsaturated/α-hetero) is 1. The molecule has 0 unspecified atom stereocenters. The van der Waals surface area contributed by atoms with Crippen LogP contribution in [0.1, 0.15) is 15.9 Å². The number of amides is 2. The normalized spacial score (nSPS) is 14.6. The molecular formula is C26H14Cl2FN3O4S. The Hall–Kier alpha value is -3.79. The van der Waals surface area contributed by atoms with E-state index in [4.69, 9.17) is 27.9 Å². The molecule has 0 spiro atoms. The molecule has 3 aromatic carbocycles. The molecular weight excluding hydrogens is 540 g/mol. The Kier molecular flexibility index (Phi) is 6.92. The van der Waals surface area contributed by atoms with Crippen molar-refractivity contribution in [2.45, 2.75) is 0 Å². The van der Waals surface area contributed by atoms with Gasteiger partial charge in [-0.15, -0.1) is 0 Å². The van der Waals surface area contributed by atoms with Crippen molar-refractivity contribution in [3.05, 3.63) is 99.0 Å². The molecule has 184 valence electrons. The van der Waals surface area contributed by atoms with Gasteiger partial charge in [-0.3, -0.25) is 19.3 Å². The molecule has 1 saturated heterocycles. The van der Waals surface area contributed by atoms with E-state index in [2.05, 4.69) is 9.97 Å². The second-order valence-corrected chi connectivity index (χ2v) is 9.56. The number of hydrogen-bond acceptors (Lipinski definition) is 7. The highest BCUT2D eigenvalue weighted by Gasteiger charge is 2.36. The van der Waals surface area contributed by atoms with Crippen LogP contribution in [0, 0.1) is 5.82 Å². The largest absolute Gasteiger partial charge is 0.436 e. The van der Waals surface area contributed by atoms with Gasteiger partial charge in [0.05, 0.1) is 17.6 Å². The summed E-state index contributed by atoms with van der Waals surface area (Å²) in [5, 5.41) is 1.17. The Morgan fingerprint density at radius 2 is 1.81 bits per heavy atom. The van der Waals surface area contributed by atoms with E-state index in [0.717, 1.165) is 16.5 Å². The average molecular weight is 554 g/mol. The Bertz CT molecular complexity index is 1610. The summed E-state index contributed by atoms with van der Waals surface area (Å²) in [4.78, 5) is 46.8. The SMILES string of the molecule is O=C(CN1C(=O)S/C(=C/c2c(Oc3nc(Cl)ncc3F)ccc3ccccc23)C1=O)c1ccc(Cl)cc1. The van der Waals surface area contributed by atoms with Crippen LogP contribution in [0.15, 0.2) is 71.8 Å². The quantitative estimate of drug-likeness (QED) is 0.147. The van der Waals surface area contributed by atoms with Gasteiger partial charge in [0, 0.05) is 16.1 Å². The van der Waals surface area contributed by atoms with E-state index in [1.165, 1.54) is 18.2 Å². The Labute approximate surface area is 223 Å². The first-order valence-electron chi connectivity index (χ1n) is 10.7. The molecule has 0 N–H and O–H groups in total. The zero-order valence-corrected chi connectivity index (χ0v) is 21.0. The summed E-state index contributed by atoms with van der Waals surface area (Å²) in [5.74, 6) is -2.09. The van der Waals surface area contributed by atoms with Crippen LogP contribution in [-0.4, -0.2) is 38.3 Å². The number of aromatic nitrogens is 2. The fourth-order valence-electron chi connectivity index (χ4n) is 3.66. The summed E-state index contributed by atoms with van der Waals surface area (Å²) in [6.45, 7) is -0.423. The molecule has 4 aromatic rings. The van der Waals surface area contributed by atoms with Crippen LogP contribution in [0.25, 0.3) is 16.8 Å². The van der Waals surface area contributed by atoms with Gasteiger partial charge in [-0.1, -0.05) is 41.9 Å². The van der Waals surface area contributed by atoms with Crippen molar-refractivity contribution < 1.29 is 23.5 Å². The minimum atomic E-state index is -0.829. The number of fused-ring (bicyclic) bond motifs is 1. The van der Waals surface area contributed by atoms with Gasteiger partial charge >= 0.3 is 0 Å². The Morgan fingerprint density at radius 1 is 1.05 bits per heavy atom. The first kappa shape index (κ1) is 24.9. The molecule has 1 aliphatic heterocycles. The molecule has 1 aromatic heterocycles. The summed E-state index contributed by atoms with van der Waals surface area (Å²) in [6.07, 6.45) is 2.37. The zero-order valence-electron chi connectivity index (χ0n) is 18.7. The third-order valence-electron chi connectivity index (χ3n) is 5.44. The van der Waals surface area contributed by atoms with Crippen LogP contribution < -0.4 is 4.74 Å². The van der Waals surface area contributed by atoms with E-state index in [-0.39, 0.29) is 15.9 Å². The van der Waals surface area contributed by atoms with Gasteiger partial charge in [0.1, 0.15) is 5.75 Å². The summed E-state index contributed by atoms with van der Waals surface area (Å²) < 4.78 is 20.0. The maximum absolute atomic E-state index is 14.3. The first-order valence-corrected chi connectivity index (χ1v) is 12.3. The molecule has 2 heterocycles. The molecule has 5 rings (SSSR count). The van der Waals surface area contributed by atoms with Crippen molar-refractivity contribution in [2.75, 3.05) is 6.54 Å². The number of rotatable bonds is 6. The van der Waals surface area contributed by atoms with Crippen LogP contribution in [0.2, 0.25) is 10.3 Å². The van der Waals surface area contributed by atoms with Gasteiger partial charge in [-0.05, 0) is 70.5 Å². The standard InChI is InChI=1S/C26H14Cl2FN3O4S/c27-16-8-5-15(6-9-16)20(33)13-32-24(34)22(37-26(32)35)11-18-17-4-2-1-3-14(17)7-10-21(18)36-23-19(29)12-30-25(28)31-23/h1-12H,13H2/b22-11+. The first-order chi connectivity index (χ1) is 17.8. The van der Waals surface area contributed by atoms with Crippen molar-refractivity contribution in [2.24, 2.45) is 0 Å². The van der Waals surface area contributed by atoms with E-state index in [1.807, 2.05) is 12.1 Å². The van der Waals surface area contributed by atoms with Gasteiger partial charge in [0.15, 0.2) is 5.78 Å².